The third-order valence-electron chi connectivity index (χ3n) is 0.683. The highest BCUT2D eigenvalue weighted by atomic mass is 35.5. The van der Waals surface area contributed by atoms with Crippen LogP contribution in [0.2, 0.25) is 0 Å². The van der Waals surface area contributed by atoms with Gasteiger partial charge in [0, 0.05) is 6.92 Å². The number of aromatic nitrogens is 2. The number of hydrogen-bond donors (Lipinski definition) is 1. The molecule has 1 aromatic rings. The Balaban J connectivity index is 0.000000360. The molecule has 0 aliphatic carbocycles. The molecule has 0 aliphatic rings. The maximum absolute atomic E-state index is 2.94. The van der Waals surface area contributed by atoms with Crippen LogP contribution in [0, 0.1) is 6.92 Å². The van der Waals surface area contributed by atoms with Crippen molar-refractivity contribution >= 4 is 0 Å². The fraction of sp³-hybridized carbons (Fsp3) is 0.250. The first-order valence-corrected chi connectivity index (χ1v) is 1.91. The van der Waals surface area contributed by atoms with Gasteiger partial charge in [-0.1, -0.05) is 0 Å². The molecule has 0 spiro atoms. The Morgan fingerprint density at radius 2 is 2.43 bits per heavy atom. The number of aromatic amines is 2. The molecule has 40 valence electrons. The maximum atomic E-state index is 2.94. The number of aryl methyl sites for hydroxylation is 1. The van der Waals surface area contributed by atoms with E-state index in [0.29, 0.717) is 0 Å². The molecule has 2 nitrogen and oxygen atoms in total. The molecule has 3 heteroatoms. The highest BCUT2D eigenvalue weighted by Crippen LogP contribution is 1.70. The lowest BCUT2D eigenvalue weighted by Gasteiger charge is -1.59. The van der Waals surface area contributed by atoms with Gasteiger partial charge >= 0.3 is 0 Å². The molecule has 0 atom stereocenters. The maximum Gasteiger partial charge on any atom is 0.248 e. The van der Waals surface area contributed by atoms with E-state index in [1.165, 1.54) is 0 Å². The van der Waals surface area contributed by atoms with Crippen molar-refractivity contribution in [3.8, 4) is 0 Å². The summed E-state index contributed by atoms with van der Waals surface area (Å²) in [7, 11) is 0. The molecular formula is C4H7ClN2. The fourth-order valence-electron chi connectivity index (χ4n) is 0.375. The molecule has 0 saturated heterocycles. The first-order valence-electron chi connectivity index (χ1n) is 1.91. The Kier molecular flexibility index (Phi) is 2.45. The first kappa shape index (κ1) is 6.50. The van der Waals surface area contributed by atoms with Crippen LogP contribution in [-0.4, -0.2) is 4.98 Å². The van der Waals surface area contributed by atoms with Gasteiger partial charge < -0.3 is 12.4 Å². The molecule has 0 amide bonds. The summed E-state index contributed by atoms with van der Waals surface area (Å²) in [5, 5.41) is 0. The molecule has 2 N–H and O–H groups in total. The van der Waals surface area contributed by atoms with Crippen LogP contribution >= 0.6 is 0 Å². The lowest BCUT2D eigenvalue weighted by Crippen LogP contribution is -3.00. The monoisotopic (exact) mass is 118 g/mol. The summed E-state index contributed by atoms with van der Waals surface area (Å²) < 4.78 is 0. The van der Waals surface area contributed by atoms with E-state index in [-0.39, 0.29) is 12.4 Å². The summed E-state index contributed by atoms with van der Waals surface area (Å²) in [5.74, 6) is 1.09. The van der Waals surface area contributed by atoms with Crippen molar-refractivity contribution in [2.45, 2.75) is 6.92 Å². The average molecular weight is 119 g/mol. The Morgan fingerprint density at radius 1 is 1.71 bits per heavy atom. The molecule has 7 heavy (non-hydrogen) atoms. The number of H-pyrrole nitrogens is 2. The van der Waals surface area contributed by atoms with Crippen molar-refractivity contribution in [2.24, 2.45) is 0 Å². The van der Waals surface area contributed by atoms with E-state index in [1.54, 1.807) is 0 Å². The minimum Gasteiger partial charge on any atom is -1.00 e. The lowest BCUT2D eigenvalue weighted by molar-refractivity contribution is -0.385. The normalized spacial score (nSPS) is 7.57. The molecule has 0 bridgehead atoms. The van der Waals surface area contributed by atoms with Gasteiger partial charge in [0.15, 0.2) is 0 Å². The van der Waals surface area contributed by atoms with Gasteiger partial charge in [0.2, 0.25) is 5.82 Å². The molecule has 0 radical (unpaired) electrons. The summed E-state index contributed by atoms with van der Waals surface area (Å²) in [6.07, 6.45) is 3.71. The lowest BCUT2D eigenvalue weighted by atomic mass is 10.8. The van der Waals surface area contributed by atoms with Crippen molar-refractivity contribution in [1.82, 2.24) is 4.98 Å². The Morgan fingerprint density at radius 3 is 2.57 bits per heavy atom. The third kappa shape index (κ3) is 1.59. The van der Waals surface area contributed by atoms with E-state index in [9.17, 15) is 0 Å². The zero-order valence-electron chi connectivity index (χ0n) is 4.03. The van der Waals surface area contributed by atoms with Gasteiger partial charge in [-0.25, -0.2) is 9.97 Å². The summed E-state index contributed by atoms with van der Waals surface area (Å²) in [6.45, 7) is 1.97. The van der Waals surface area contributed by atoms with E-state index < -0.39 is 0 Å². The van der Waals surface area contributed by atoms with Crippen LogP contribution in [-0.2, 0) is 0 Å². The molecule has 0 saturated carbocycles. The molecule has 1 rings (SSSR count). The van der Waals surface area contributed by atoms with Crippen LogP contribution in [0.25, 0.3) is 0 Å². The zero-order chi connectivity index (χ0) is 4.41. The van der Waals surface area contributed by atoms with Crippen LogP contribution in [0.1, 0.15) is 5.82 Å². The molecule has 1 heterocycles. The van der Waals surface area contributed by atoms with Crippen LogP contribution in [0.3, 0.4) is 0 Å². The van der Waals surface area contributed by atoms with Gasteiger partial charge in [0.25, 0.3) is 0 Å². The minimum atomic E-state index is 0. The second-order valence-corrected chi connectivity index (χ2v) is 1.25. The van der Waals surface area contributed by atoms with Gasteiger partial charge in [-0.2, -0.15) is 0 Å². The number of hydrogen-bond acceptors (Lipinski definition) is 0. The predicted molar refractivity (Wildman–Crippen MR) is 22.1 cm³/mol. The topological polar surface area (TPSA) is 29.9 Å². The standard InChI is InChI=1S/C4H6N2.ClH/c1-4-5-2-3-6-4;/h2-3H,1H3,(H,5,6);1H. The van der Waals surface area contributed by atoms with Gasteiger partial charge in [-0.05, 0) is 0 Å². The van der Waals surface area contributed by atoms with Crippen LogP contribution in [0.4, 0.5) is 0 Å². The quantitative estimate of drug-likeness (QED) is 0.380. The van der Waals surface area contributed by atoms with Crippen molar-refractivity contribution in [2.75, 3.05) is 0 Å². The van der Waals surface area contributed by atoms with Crippen molar-refractivity contribution in [3.63, 3.8) is 0 Å². The Labute approximate surface area is 48.4 Å². The largest absolute Gasteiger partial charge is 1.00 e. The number of nitrogens with one attached hydrogen (secondary N) is 2. The molecule has 0 aromatic carbocycles. The predicted octanol–water partition coefficient (Wildman–Crippen LogP) is -2.86. The van der Waals surface area contributed by atoms with Gasteiger partial charge in [-0.3, -0.25) is 0 Å². The van der Waals surface area contributed by atoms with E-state index in [1.807, 2.05) is 19.3 Å². The highest BCUT2D eigenvalue weighted by Gasteiger charge is 1.83. The molecule has 0 aliphatic heterocycles. The average Bonchev–Trinajstić information content (AvgIpc) is 1.86. The molecule has 1 aromatic heterocycles. The zero-order valence-corrected chi connectivity index (χ0v) is 4.79. The van der Waals surface area contributed by atoms with Gasteiger partial charge in [0.05, 0.1) is 0 Å². The summed E-state index contributed by atoms with van der Waals surface area (Å²) in [5.41, 5.74) is 0. The van der Waals surface area contributed by atoms with Crippen LogP contribution < -0.4 is 17.4 Å². The Bertz CT molecular complexity index is 113. The number of imidazole rings is 1. The summed E-state index contributed by atoms with van der Waals surface area (Å²) in [4.78, 5) is 5.89. The first-order chi connectivity index (χ1) is 2.89. The third-order valence-corrected chi connectivity index (χ3v) is 0.683. The SMILES string of the molecule is Cc1[nH]cc[nH+]1.[Cl-]. The van der Waals surface area contributed by atoms with Crippen molar-refractivity contribution in [3.05, 3.63) is 18.2 Å². The second-order valence-electron chi connectivity index (χ2n) is 1.25. The minimum absolute atomic E-state index is 0. The van der Waals surface area contributed by atoms with Crippen LogP contribution in [0.15, 0.2) is 12.4 Å². The van der Waals surface area contributed by atoms with Crippen molar-refractivity contribution < 1.29 is 17.4 Å². The van der Waals surface area contributed by atoms with E-state index >= 15 is 0 Å². The van der Waals surface area contributed by atoms with Gasteiger partial charge in [0.1, 0.15) is 12.4 Å². The van der Waals surface area contributed by atoms with E-state index in [4.69, 9.17) is 0 Å². The molecule has 0 unspecified atom stereocenters. The van der Waals surface area contributed by atoms with E-state index in [2.05, 4.69) is 9.97 Å². The highest BCUT2D eigenvalue weighted by molar-refractivity contribution is 4.67. The number of rotatable bonds is 0. The molecule has 0 fully saturated rings. The van der Waals surface area contributed by atoms with Crippen LogP contribution in [0.5, 0.6) is 0 Å². The Hall–Kier alpha value is -0.500. The van der Waals surface area contributed by atoms with Gasteiger partial charge in [-0.15, -0.1) is 0 Å². The van der Waals surface area contributed by atoms with Crippen molar-refractivity contribution in [1.29, 1.82) is 0 Å². The fourth-order valence-corrected chi connectivity index (χ4v) is 0.375. The summed E-state index contributed by atoms with van der Waals surface area (Å²) in [6, 6.07) is 0. The second kappa shape index (κ2) is 2.64. The molecular weight excluding hydrogens is 112 g/mol. The summed E-state index contributed by atoms with van der Waals surface area (Å²) >= 11 is 0. The van der Waals surface area contributed by atoms with E-state index in [0.717, 1.165) is 5.82 Å². The smallest absolute Gasteiger partial charge is 0.248 e. The number of halogens is 1.